The smallest absolute Gasteiger partial charge is 0.323 e. The number of carbonyl (C=O) groups excluding carboxylic acids is 1. The number of azo groups is 4. The Bertz CT molecular complexity index is 3780. The number of urea groups is 1. The zero-order valence-electron chi connectivity index (χ0n) is 43.9. The van der Waals surface area contributed by atoms with Gasteiger partial charge in [-0.05, 0) is 123 Å². The number of hydrogen-bond acceptors (Lipinski definition) is 21. The van der Waals surface area contributed by atoms with E-state index in [1.165, 1.54) is 74.9 Å². The number of halogens is 2. The minimum atomic E-state index is -4.74. The van der Waals surface area contributed by atoms with Crippen molar-refractivity contribution in [1.29, 1.82) is 0 Å². The number of carbonyl (C=O) groups is 1. The van der Waals surface area contributed by atoms with E-state index in [1.807, 2.05) is 0 Å². The highest BCUT2D eigenvalue weighted by molar-refractivity contribution is 7.86. The van der Waals surface area contributed by atoms with Crippen LogP contribution in [-0.4, -0.2) is 96.9 Å². The van der Waals surface area contributed by atoms with Gasteiger partial charge >= 0.3 is 6.03 Å². The topological polar surface area (TPSA) is 394 Å². The average molecular weight is 1250 g/mol. The van der Waals surface area contributed by atoms with Crippen molar-refractivity contribution < 1.29 is 75.6 Å². The van der Waals surface area contributed by atoms with Gasteiger partial charge in [0, 0.05) is 34.3 Å². The number of rotatable bonds is 24. The van der Waals surface area contributed by atoms with Gasteiger partial charge in [-0.25, -0.2) is 4.79 Å². The number of methoxy groups -OCH3 is 2. The molecule has 0 aromatic heterocycles. The Labute approximate surface area is 480 Å². The van der Waals surface area contributed by atoms with Gasteiger partial charge in [0.25, 0.3) is 40.5 Å². The summed E-state index contributed by atoms with van der Waals surface area (Å²) in [6.07, 6.45) is -0.236. The Hall–Kier alpha value is -7.59. The molecule has 0 atom stereocenters. The minimum Gasteiger partial charge on any atom is -0.494 e. The standard InChI is InChI=1S/C49H50Cl2N10O17S4/c1-27-17-39(43(75-5)23-35(27)58-60-41-19-29(3)37(25-45(41)77-13-7-15-79(63,64)65)56-54-33-11-9-31(50)21-47(33)81(69,70)71)52-49(62)53-40-18-28(2)36(24-44(40)76-6)59-61-42-20-30(4)38(26-46(42)78-14-8-16-80(66,67)68)57-55-34-12-10-32(51)22-48(34)82(72,73)74/h9-12,17-26H,7-8,13-16H2,1-6H3,(H2,52,53,62)(H,63,64,65)(H,66,67,68)(H,69,70,71)(H,72,73,74). The first-order valence-corrected chi connectivity index (χ1v) is 30.4. The van der Waals surface area contributed by atoms with Crippen molar-refractivity contribution in [1.82, 2.24) is 0 Å². The molecule has 0 aliphatic heterocycles. The van der Waals surface area contributed by atoms with Gasteiger partial charge in [-0.1, -0.05) is 23.2 Å². The Morgan fingerprint density at radius 2 is 0.744 bits per heavy atom. The fraction of sp³-hybridized carbons (Fsp3) is 0.245. The average Bonchev–Trinajstić information content (AvgIpc) is 3.45. The lowest BCUT2D eigenvalue weighted by molar-refractivity contribution is 0.262. The largest absolute Gasteiger partial charge is 0.494 e. The molecule has 2 amide bonds. The Kier molecular flexibility index (Phi) is 20.9. The highest BCUT2D eigenvalue weighted by Crippen LogP contribution is 2.42. The van der Waals surface area contributed by atoms with E-state index in [0.29, 0.717) is 22.3 Å². The summed E-state index contributed by atoms with van der Waals surface area (Å²) in [4.78, 5) is 12.4. The lowest BCUT2D eigenvalue weighted by atomic mass is 10.1. The molecule has 0 unspecified atom stereocenters. The fourth-order valence-electron chi connectivity index (χ4n) is 7.14. The van der Waals surface area contributed by atoms with Crippen LogP contribution in [0.1, 0.15) is 35.1 Å². The molecule has 82 heavy (non-hydrogen) atoms. The second-order valence-electron chi connectivity index (χ2n) is 17.4. The van der Waals surface area contributed by atoms with E-state index in [4.69, 9.17) is 42.1 Å². The van der Waals surface area contributed by atoms with Crippen molar-refractivity contribution in [2.45, 2.75) is 50.3 Å². The Morgan fingerprint density at radius 1 is 0.439 bits per heavy atom. The number of ether oxygens (including phenoxy) is 4. The summed E-state index contributed by atoms with van der Waals surface area (Å²) in [6.45, 7) is 6.22. The summed E-state index contributed by atoms with van der Waals surface area (Å²) < 4.78 is 154. The molecule has 0 radical (unpaired) electrons. The zero-order chi connectivity index (χ0) is 60.3. The highest BCUT2D eigenvalue weighted by atomic mass is 35.5. The molecule has 0 saturated carbocycles. The van der Waals surface area contributed by atoms with Crippen molar-refractivity contribution >= 4 is 127 Å². The lowest BCUT2D eigenvalue weighted by Gasteiger charge is -2.16. The SMILES string of the molecule is COc1cc(N=Nc2cc(C)c(N=Nc3ccc(Cl)cc3S(=O)(=O)O)cc2OCCCS(=O)(=O)O)c(C)cc1NC(=O)Nc1cc(C)c(N=Nc2cc(C)c(N=Nc3ccc(Cl)cc3S(=O)(=O)O)cc2OCCCS(=O)(=O)O)cc1OC. The van der Waals surface area contributed by atoms with E-state index in [2.05, 4.69) is 51.5 Å². The molecule has 27 nitrogen and oxygen atoms in total. The van der Waals surface area contributed by atoms with Crippen molar-refractivity contribution in [2.75, 3.05) is 49.6 Å². The number of nitrogens with one attached hydrogen (secondary N) is 2. The minimum absolute atomic E-state index is 0.0198. The van der Waals surface area contributed by atoms with Gasteiger partial charge in [0.1, 0.15) is 55.5 Å². The molecule has 6 N–H and O–H groups in total. The van der Waals surface area contributed by atoms with E-state index < -0.39 is 67.8 Å². The van der Waals surface area contributed by atoms with Gasteiger partial charge in [-0.2, -0.15) is 54.1 Å². The maximum atomic E-state index is 13.6. The molecule has 0 fully saturated rings. The molecule has 0 bridgehead atoms. The van der Waals surface area contributed by atoms with E-state index >= 15 is 0 Å². The third kappa shape index (κ3) is 18.2. The van der Waals surface area contributed by atoms with Crippen LogP contribution in [-0.2, 0) is 40.5 Å². The molecule has 0 heterocycles. The number of hydrogen-bond donors (Lipinski definition) is 6. The summed E-state index contributed by atoms with van der Waals surface area (Å²) in [5, 5.41) is 39.3. The molecule has 6 aromatic carbocycles. The first-order chi connectivity index (χ1) is 38.4. The second kappa shape index (κ2) is 27.0. The van der Waals surface area contributed by atoms with Gasteiger partial charge in [-0.3, -0.25) is 18.2 Å². The summed E-state index contributed by atoms with van der Waals surface area (Å²) in [6, 6.07) is 18.4. The normalized spacial score (nSPS) is 12.4. The van der Waals surface area contributed by atoms with Crippen LogP contribution in [0.15, 0.2) is 136 Å². The molecule has 0 spiro atoms. The van der Waals surface area contributed by atoms with Crippen LogP contribution < -0.4 is 29.6 Å². The van der Waals surface area contributed by atoms with Crippen LogP contribution >= 0.6 is 23.2 Å². The van der Waals surface area contributed by atoms with Gasteiger partial charge in [0.15, 0.2) is 0 Å². The maximum Gasteiger partial charge on any atom is 0.323 e. The summed E-state index contributed by atoms with van der Waals surface area (Å²) >= 11 is 11.9. The molecule has 33 heteroatoms. The summed E-state index contributed by atoms with van der Waals surface area (Å²) in [5.41, 5.74) is 3.05. The number of amides is 2. The molecule has 6 aromatic rings. The third-order valence-electron chi connectivity index (χ3n) is 11.2. The monoisotopic (exact) mass is 1250 g/mol. The first-order valence-electron chi connectivity index (χ1n) is 23.5. The summed E-state index contributed by atoms with van der Waals surface area (Å²) in [5.74, 6) is -0.803. The quantitative estimate of drug-likeness (QED) is 0.0186. The number of nitrogens with zero attached hydrogens (tertiary/aromatic N) is 8. The van der Waals surface area contributed by atoms with Crippen LogP contribution in [0.2, 0.25) is 10.0 Å². The van der Waals surface area contributed by atoms with Gasteiger partial charge in [-0.15, -0.1) is 20.5 Å². The number of benzene rings is 6. The molecule has 0 aliphatic rings. The van der Waals surface area contributed by atoms with Crippen LogP contribution in [0, 0.1) is 27.7 Å². The van der Waals surface area contributed by atoms with E-state index in [-0.39, 0.29) is 116 Å². The number of anilines is 2. The van der Waals surface area contributed by atoms with Gasteiger partial charge in [0.05, 0.1) is 73.1 Å². The lowest BCUT2D eigenvalue weighted by Crippen LogP contribution is -2.20. The predicted molar refractivity (Wildman–Crippen MR) is 303 cm³/mol. The molecular weight excluding hydrogens is 1200 g/mol. The molecular formula is C49H50Cl2N10O17S4. The third-order valence-corrected chi connectivity index (χ3v) is 15.0. The molecule has 0 saturated heterocycles. The molecule has 436 valence electrons. The van der Waals surface area contributed by atoms with Crippen molar-refractivity contribution in [3.05, 3.63) is 117 Å². The fourth-order valence-corrected chi connectivity index (χ4v) is 9.88. The second-order valence-corrected chi connectivity index (χ2v) is 24.2. The van der Waals surface area contributed by atoms with Crippen LogP contribution in [0.3, 0.4) is 0 Å². The molecule has 0 aliphatic carbocycles. The van der Waals surface area contributed by atoms with Gasteiger partial charge in [0.2, 0.25) is 0 Å². The van der Waals surface area contributed by atoms with E-state index in [9.17, 15) is 56.7 Å². The van der Waals surface area contributed by atoms with Crippen LogP contribution in [0.5, 0.6) is 23.0 Å². The Balaban J connectivity index is 1.22. The van der Waals surface area contributed by atoms with Crippen molar-refractivity contribution in [2.24, 2.45) is 40.9 Å². The van der Waals surface area contributed by atoms with E-state index in [1.54, 1.807) is 39.8 Å². The molecule has 6 rings (SSSR count). The zero-order valence-corrected chi connectivity index (χ0v) is 48.7. The first kappa shape index (κ1) is 63.6. The van der Waals surface area contributed by atoms with Crippen molar-refractivity contribution in [3.63, 3.8) is 0 Å². The summed E-state index contributed by atoms with van der Waals surface area (Å²) in [7, 11) is -15.4. The van der Waals surface area contributed by atoms with Crippen molar-refractivity contribution in [3.8, 4) is 23.0 Å². The highest BCUT2D eigenvalue weighted by Gasteiger charge is 2.21. The van der Waals surface area contributed by atoms with Gasteiger partial charge < -0.3 is 29.6 Å². The van der Waals surface area contributed by atoms with Crippen LogP contribution in [0.25, 0.3) is 0 Å². The van der Waals surface area contributed by atoms with E-state index in [0.717, 1.165) is 12.1 Å². The number of aryl methyl sites for hydroxylation is 4. The predicted octanol–water partition coefficient (Wildman–Crippen LogP) is 13.4. The van der Waals surface area contributed by atoms with Crippen LogP contribution in [0.4, 0.5) is 61.7 Å². The Morgan fingerprint density at radius 3 is 1.06 bits per heavy atom. The maximum absolute atomic E-state index is 13.6.